The fraction of sp³-hybridized carbons (Fsp3) is 0. The van der Waals surface area contributed by atoms with Gasteiger partial charge in [0.15, 0.2) is 0 Å². The Morgan fingerprint density at radius 2 is 0.733 bits per heavy atom. The molecular formula is C58H39NO. The van der Waals surface area contributed by atoms with Gasteiger partial charge in [-0.1, -0.05) is 194 Å². The van der Waals surface area contributed by atoms with E-state index in [-0.39, 0.29) is 0 Å². The smallest absolute Gasteiger partial charge is 0.143 e. The lowest BCUT2D eigenvalue weighted by atomic mass is 9.96. The third kappa shape index (κ3) is 6.41. The summed E-state index contributed by atoms with van der Waals surface area (Å²) in [5, 5.41) is 6.11. The van der Waals surface area contributed by atoms with Crippen LogP contribution in [0.2, 0.25) is 0 Å². The maximum atomic E-state index is 6.69. The minimum absolute atomic E-state index is 0.859. The van der Waals surface area contributed by atoms with Crippen LogP contribution in [0.25, 0.3) is 88.3 Å². The van der Waals surface area contributed by atoms with Gasteiger partial charge in [0.05, 0.1) is 0 Å². The second-order valence-corrected chi connectivity index (χ2v) is 15.3. The minimum Gasteiger partial charge on any atom is -0.455 e. The first-order valence-electron chi connectivity index (χ1n) is 20.5. The van der Waals surface area contributed by atoms with E-state index in [1.807, 2.05) is 6.07 Å². The lowest BCUT2D eigenvalue weighted by molar-refractivity contribution is 0.632. The average Bonchev–Trinajstić information content (AvgIpc) is 3.72. The van der Waals surface area contributed by atoms with Crippen LogP contribution in [0.1, 0.15) is 0 Å². The van der Waals surface area contributed by atoms with Crippen LogP contribution < -0.4 is 4.90 Å². The Labute approximate surface area is 349 Å². The fourth-order valence-electron chi connectivity index (χ4n) is 8.76. The summed E-state index contributed by atoms with van der Waals surface area (Å²) in [5.74, 6) is 0.859. The number of hydrogen-bond acceptors (Lipinski definition) is 2. The third-order valence-electron chi connectivity index (χ3n) is 11.7. The highest BCUT2D eigenvalue weighted by Crippen LogP contribution is 2.44. The molecule has 0 fully saturated rings. The summed E-state index contributed by atoms with van der Waals surface area (Å²) >= 11 is 0. The molecular weight excluding hydrogens is 727 g/mol. The summed E-state index contributed by atoms with van der Waals surface area (Å²) in [7, 11) is 0. The first-order chi connectivity index (χ1) is 29.7. The van der Waals surface area contributed by atoms with Gasteiger partial charge in [-0.2, -0.15) is 0 Å². The van der Waals surface area contributed by atoms with Crippen molar-refractivity contribution in [1.29, 1.82) is 0 Å². The normalized spacial score (nSPS) is 11.3. The van der Waals surface area contributed by atoms with E-state index < -0.39 is 0 Å². The lowest BCUT2D eigenvalue weighted by Gasteiger charge is -2.26. The topological polar surface area (TPSA) is 16.4 Å². The van der Waals surface area contributed by atoms with Crippen molar-refractivity contribution < 1.29 is 4.42 Å². The average molecular weight is 766 g/mol. The highest BCUT2D eigenvalue weighted by molar-refractivity contribution is 6.02. The number of nitrogens with zero attached hydrogens (tertiary/aromatic N) is 1. The number of hydrogen-bond donors (Lipinski definition) is 0. The van der Waals surface area contributed by atoms with E-state index >= 15 is 0 Å². The molecule has 0 radical (unpaired) electrons. The number of furan rings is 1. The predicted octanol–water partition coefficient (Wildman–Crippen LogP) is 16.5. The van der Waals surface area contributed by atoms with Crippen LogP contribution in [0, 0.1) is 0 Å². The molecule has 60 heavy (non-hydrogen) atoms. The molecule has 0 saturated heterocycles. The molecule has 0 aliphatic rings. The molecule has 1 heterocycles. The third-order valence-corrected chi connectivity index (χ3v) is 11.7. The van der Waals surface area contributed by atoms with Gasteiger partial charge in [0.25, 0.3) is 0 Å². The zero-order valence-corrected chi connectivity index (χ0v) is 32.9. The number of benzene rings is 10. The molecule has 0 spiro atoms. The SMILES string of the molecule is c1ccc(-c2c(-c3cccc(N(c4ccc(-c5ccc(-c6cccc7ccccc67)cc5)cc4)c4ccc(-c5cccc6ccccc56)cc4)c3)oc3ccccc23)cc1. The van der Waals surface area contributed by atoms with Crippen molar-refractivity contribution in [3.8, 4) is 55.8 Å². The van der Waals surface area contributed by atoms with Crippen LogP contribution in [0.3, 0.4) is 0 Å². The molecule has 282 valence electrons. The van der Waals surface area contributed by atoms with Crippen molar-refractivity contribution in [3.63, 3.8) is 0 Å². The Balaban J connectivity index is 0.994. The van der Waals surface area contributed by atoms with Gasteiger partial charge in [-0.15, -0.1) is 0 Å². The summed E-state index contributed by atoms with van der Waals surface area (Å²) < 4.78 is 6.69. The summed E-state index contributed by atoms with van der Waals surface area (Å²) in [4.78, 5) is 2.34. The predicted molar refractivity (Wildman–Crippen MR) is 253 cm³/mol. The molecule has 10 aromatic carbocycles. The highest BCUT2D eigenvalue weighted by atomic mass is 16.3. The van der Waals surface area contributed by atoms with Crippen LogP contribution in [0.15, 0.2) is 241 Å². The van der Waals surface area contributed by atoms with Crippen LogP contribution in [0.5, 0.6) is 0 Å². The van der Waals surface area contributed by atoms with Crippen molar-refractivity contribution in [1.82, 2.24) is 0 Å². The molecule has 1 aromatic heterocycles. The van der Waals surface area contributed by atoms with E-state index in [2.05, 4.69) is 235 Å². The number of rotatable bonds is 8. The number of fused-ring (bicyclic) bond motifs is 3. The van der Waals surface area contributed by atoms with E-state index in [1.165, 1.54) is 49.4 Å². The molecule has 0 aliphatic heterocycles. The Morgan fingerprint density at radius 3 is 1.35 bits per heavy atom. The van der Waals surface area contributed by atoms with Gasteiger partial charge >= 0.3 is 0 Å². The number of para-hydroxylation sites is 1. The highest BCUT2D eigenvalue weighted by Gasteiger charge is 2.20. The van der Waals surface area contributed by atoms with E-state index in [9.17, 15) is 0 Å². The largest absolute Gasteiger partial charge is 0.455 e. The van der Waals surface area contributed by atoms with Crippen molar-refractivity contribution in [2.24, 2.45) is 0 Å². The maximum absolute atomic E-state index is 6.69. The lowest BCUT2D eigenvalue weighted by Crippen LogP contribution is -2.10. The van der Waals surface area contributed by atoms with Crippen LogP contribution in [-0.4, -0.2) is 0 Å². The van der Waals surface area contributed by atoms with Crippen molar-refractivity contribution in [2.45, 2.75) is 0 Å². The molecule has 0 saturated carbocycles. The van der Waals surface area contributed by atoms with Crippen molar-refractivity contribution in [2.75, 3.05) is 4.90 Å². The van der Waals surface area contributed by atoms with Gasteiger partial charge in [-0.05, 0) is 103 Å². The van der Waals surface area contributed by atoms with Gasteiger partial charge in [-0.25, -0.2) is 0 Å². The Bertz CT molecular complexity index is 3280. The molecule has 0 unspecified atom stereocenters. The first kappa shape index (κ1) is 35.2. The van der Waals surface area contributed by atoms with Gasteiger partial charge in [-0.3, -0.25) is 0 Å². The molecule has 0 aliphatic carbocycles. The van der Waals surface area contributed by atoms with Crippen LogP contribution in [0.4, 0.5) is 17.1 Å². The van der Waals surface area contributed by atoms with E-state index in [4.69, 9.17) is 4.42 Å². The van der Waals surface area contributed by atoms with Gasteiger partial charge in [0.2, 0.25) is 0 Å². The van der Waals surface area contributed by atoms with Crippen LogP contribution in [-0.2, 0) is 0 Å². The standard InChI is InChI=1S/C58H39NO/c1-2-15-46(16-3-1)57-55-23-8-9-26-56(55)60-58(57)47-19-10-20-50(39-47)59(49-37-33-45(34-38-49)54-25-12-18-43-14-5-7-22-52(43)54)48-35-31-41(32-36-48)40-27-29-44(30-28-40)53-24-11-17-42-13-4-6-21-51(42)53/h1-39H. The fourth-order valence-corrected chi connectivity index (χ4v) is 8.76. The second-order valence-electron chi connectivity index (χ2n) is 15.3. The Morgan fingerprint density at radius 1 is 0.283 bits per heavy atom. The van der Waals surface area contributed by atoms with E-state index in [0.29, 0.717) is 0 Å². The first-order valence-corrected chi connectivity index (χ1v) is 20.5. The molecule has 11 aromatic rings. The van der Waals surface area contributed by atoms with Crippen molar-refractivity contribution >= 4 is 49.6 Å². The summed E-state index contributed by atoms with van der Waals surface area (Å²) in [5.41, 5.74) is 14.5. The molecule has 0 bridgehead atoms. The summed E-state index contributed by atoms with van der Waals surface area (Å²) in [6.07, 6.45) is 0. The van der Waals surface area contributed by atoms with Crippen LogP contribution >= 0.6 is 0 Å². The monoisotopic (exact) mass is 765 g/mol. The van der Waals surface area contributed by atoms with E-state index in [0.717, 1.165) is 56.0 Å². The zero-order valence-electron chi connectivity index (χ0n) is 32.9. The Kier molecular flexibility index (Phi) is 8.87. The van der Waals surface area contributed by atoms with E-state index in [1.54, 1.807) is 0 Å². The molecule has 11 rings (SSSR count). The van der Waals surface area contributed by atoms with Gasteiger partial charge in [0.1, 0.15) is 11.3 Å². The van der Waals surface area contributed by atoms with Gasteiger partial charge < -0.3 is 9.32 Å². The minimum atomic E-state index is 0.859. The van der Waals surface area contributed by atoms with Crippen molar-refractivity contribution in [3.05, 3.63) is 237 Å². The second kappa shape index (κ2) is 15.1. The molecule has 2 heteroatoms. The Hall–Kier alpha value is -7.94. The molecule has 0 atom stereocenters. The zero-order chi connectivity index (χ0) is 39.8. The van der Waals surface area contributed by atoms with Gasteiger partial charge in [0, 0.05) is 33.6 Å². The molecule has 0 N–H and O–H groups in total. The summed E-state index contributed by atoms with van der Waals surface area (Å²) in [6, 6.07) is 84.7. The summed E-state index contributed by atoms with van der Waals surface area (Å²) in [6.45, 7) is 0. The maximum Gasteiger partial charge on any atom is 0.143 e. The molecule has 0 amide bonds. The molecule has 2 nitrogen and oxygen atoms in total. The quantitative estimate of drug-likeness (QED) is 0.153. The number of anilines is 3.